The predicted molar refractivity (Wildman–Crippen MR) is 71.8 cm³/mol. The highest BCUT2D eigenvalue weighted by atomic mass is 19.1. The molecule has 0 spiro atoms. The molecule has 0 aromatic heterocycles. The first-order chi connectivity index (χ1) is 9.99. The molecule has 4 nitrogen and oxygen atoms in total. The second-order valence-electron chi connectivity index (χ2n) is 5.29. The third-order valence-electron chi connectivity index (χ3n) is 3.83. The lowest BCUT2D eigenvalue weighted by Gasteiger charge is -2.23. The van der Waals surface area contributed by atoms with Crippen LogP contribution in [0.2, 0.25) is 0 Å². The molecule has 0 heterocycles. The van der Waals surface area contributed by atoms with Gasteiger partial charge in [0.05, 0.1) is 11.5 Å². The molecule has 0 radical (unpaired) electrons. The van der Waals surface area contributed by atoms with E-state index in [9.17, 15) is 23.5 Å². The quantitative estimate of drug-likeness (QED) is 0.843. The molecule has 2 N–H and O–H groups in total. The van der Waals surface area contributed by atoms with E-state index >= 15 is 0 Å². The Labute approximate surface area is 121 Å². The molecule has 1 aliphatic rings. The van der Waals surface area contributed by atoms with E-state index in [1.807, 2.05) is 0 Å². The van der Waals surface area contributed by atoms with E-state index in [1.54, 1.807) is 0 Å². The smallest absolute Gasteiger partial charge is 0.308 e. The van der Waals surface area contributed by atoms with Crippen molar-refractivity contribution >= 4 is 11.9 Å². The summed E-state index contributed by atoms with van der Waals surface area (Å²) >= 11 is 0. The van der Waals surface area contributed by atoms with Gasteiger partial charge in [-0.1, -0.05) is 19.3 Å². The van der Waals surface area contributed by atoms with Gasteiger partial charge in [0.2, 0.25) is 0 Å². The maximum Gasteiger partial charge on any atom is 0.308 e. The number of nitrogens with one attached hydrogen (secondary N) is 1. The molecule has 1 aromatic carbocycles. The van der Waals surface area contributed by atoms with Crippen LogP contribution in [0.4, 0.5) is 8.78 Å². The molecule has 2 unspecified atom stereocenters. The zero-order valence-electron chi connectivity index (χ0n) is 11.4. The summed E-state index contributed by atoms with van der Waals surface area (Å²) in [5, 5.41) is 11.8. The molecule has 1 aliphatic carbocycles. The average Bonchev–Trinajstić information content (AvgIpc) is 2.63. The van der Waals surface area contributed by atoms with Crippen molar-refractivity contribution in [3.05, 3.63) is 35.4 Å². The molecular weight excluding hydrogens is 280 g/mol. The van der Waals surface area contributed by atoms with E-state index in [0.717, 1.165) is 31.4 Å². The van der Waals surface area contributed by atoms with Crippen molar-refractivity contribution in [1.29, 1.82) is 0 Å². The van der Waals surface area contributed by atoms with E-state index in [0.29, 0.717) is 18.9 Å². The van der Waals surface area contributed by atoms with Crippen LogP contribution in [0.3, 0.4) is 0 Å². The van der Waals surface area contributed by atoms with Crippen molar-refractivity contribution in [1.82, 2.24) is 5.32 Å². The highest BCUT2D eigenvalue weighted by Crippen LogP contribution is 2.24. The highest BCUT2D eigenvalue weighted by molar-refractivity contribution is 5.95. The highest BCUT2D eigenvalue weighted by Gasteiger charge is 2.31. The fourth-order valence-corrected chi connectivity index (χ4v) is 2.70. The average molecular weight is 297 g/mol. The minimum atomic E-state index is -0.957. The second-order valence-corrected chi connectivity index (χ2v) is 5.29. The first-order valence-corrected chi connectivity index (χ1v) is 6.98. The number of halogens is 2. The largest absolute Gasteiger partial charge is 0.481 e. The van der Waals surface area contributed by atoms with Gasteiger partial charge >= 0.3 is 5.97 Å². The number of carboxylic acid groups (broad SMARTS) is 1. The maximum atomic E-state index is 13.6. The van der Waals surface area contributed by atoms with Gasteiger partial charge in [-0.15, -0.1) is 0 Å². The van der Waals surface area contributed by atoms with Crippen molar-refractivity contribution in [2.45, 2.75) is 38.1 Å². The summed E-state index contributed by atoms with van der Waals surface area (Å²) in [5.74, 6) is -4.04. The van der Waals surface area contributed by atoms with Crippen LogP contribution < -0.4 is 5.32 Å². The monoisotopic (exact) mass is 297 g/mol. The lowest BCUT2D eigenvalue weighted by Crippen LogP contribution is -2.43. The molecule has 114 valence electrons. The number of amides is 1. The van der Waals surface area contributed by atoms with Gasteiger partial charge in [-0.25, -0.2) is 8.78 Å². The van der Waals surface area contributed by atoms with E-state index < -0.39 is 35.5 Å². The molecule has 0 bridgehead atoms. The number of hydrogen-bond donors (Lipinski definition) is 2. The molecule has 21 heavy (non-hydrogen) atoms. The van der Waals surface area contributed by atoms with Gasteiger partial charge in [0.1, 0.15) is 11.6 Å². The van der Waals surface area contributed by atoms with Crippen LogP contribution >= 0.6 is 0 Å². The van der Waals surface area contributed by atoms with E-state index in [1.165, 1.54) is 0 Å². The number of carbonyl (C=O) groups is 2. The predicted octanol–water partition coefficient (Wildman–Crippen LogP) is 2.73. The Hall–Kier alpha value is -1.98. The van der Waals surface area contributed by atoms with E-state index in [4.69, 9.17) is 0 Å². The molecule has 1 aromatic rings. The van der Waals surface area contributed by atoms with Crippen LogP contribution in [0.15, 0.2) is 18.2 Å². The molecule has 0 saturated heterocycles. The summed E-state index contributed by atoms with van der Waals surface area (Å²) < 4.78 is 26.4. The maximum absolute atomic E-state index is 13.6. The summed E-state index contributed by atoms with van der Waals surface area (Å²) in [6, 6.07) is 2.17. The fourth-order valence-electron chi connectivity index (χ4n) is 2.70. The summed E-state index contributed by atoms with van der Waals surface area (Å²) in [5.41, 5.74) is -0.273. The van der Waals surface area contributed by atoms with Gasteiger partial charge in [0, 0.05) is 12.1 Å². The van der Waals surface area contributed by atoms with Gasteiger partial charge in [-0.05, 0) is 25.0 Å². The zero-order chi connectivity index (χ0) is 15.4. The number of rotatable bonds is 3. The van der Waals surface area contributed by atoms with Crippen molar-refractivity contribution in [2.75, 3.05) is 0 Å². The van der Waals surface area contributed by atoms with Crippen LogP contribution in [0, 0.1) is 17.6 Å². The Morgan fingerprint density at radius 1 is 1.14 bits per heavy atom. The molecule has 1 saturated carbocycles. The molecule has 2 rings (SSSR count). The van der Waals surface area contributed by atoms with Crippen LogP contribution in [-0.2, 0) is 4.79 Å². The molecule has 6 heteroatoms. The molecule has 0 aliphatic heterocycles. The topological polar surface area (TPSA) is 66.4 Å². The van der Waals surface area contributed by atoms with E-state index in [-0.39, 0.29) is 5.56 Å². The van der Waals surface area contributed by atoms with Gasteiger partial charge < -0.3 is 10.4 Å². The number of aliphatic carboxylic acids is 1. The summed E-state index contributed by atoms with van der Waals surface area (Å²) in [6.45, 7) is 0. The number of carbonyl (C=O) groups excluding carboxylic acids is 1. The van der Waals surface area contributed by atoms with Crippen molar-refractivity contribution in [3.8, 4) is 0 Å². The number of hydrogen-bond acceptors (Lipinski definition) is 2. The minimum absolute atomic E-state index is 0.273. The fraction of sp³-hybridized carbons (Fsp3) is 0.467. The lowest BCUT2D eigenvalue weighted by molar-refractivity contribution is -0.142. The Bertz CT molecular complexity index is 548. The Kier molecular flexibility index (Phi) is 4.88. The second kappa shape index (κ2) is 6.65. The van der Waals surface area contributed by atoms with Crippen LogP contribution in [-0.4, -0.2) is 23.0 Å². The molecule has 2 atom stereocenters. The first kappa shape index (κ1) is 15.4. The van der Waals surface area contributed by atoms with E-state index in [2.05, 4.69) is 5.32 Å². The summed E-state index contributed by atoms with van der Waals surface area (Å²) in [6.07, 6.45) is 3.58. The van der Waals surface area contributed by atoms with Crippen molar-refractivity contribution in [3.63, 3.8) is 0 Å². The number of carboxylic acids is 1. The van der Waals surface area contributed by atoms with Crippen molar-refractivity contribution in [2.24, 2.45) is 5.92 Å². The normalized spacial score (nSPS) is 22.4. The standard InChI is InChI=1S/C15H17F2NO3/c16-9-6-7-10(12(17)8-9)14(19)18-13-5-3-1-2-4-11(13)15(20)21/h6-8,11,13H,1-5H2,(H,18,19)(H,20,21). The summed E-state index contributed by atoms with van der Waals surface area (Å²) in [4.78, 5) is 23.3. The molecule has 1 fully saturated rings. The Morgan fingerprint density at radius 3 is 2.52 bits per heavy atom. The summed E-state index contributed by atoms with van der Waals surface area (Å²) in [7, 11) is 0. The first-order valence-electron chi connectivity index (χ1n) is 6.98. The number of benzene rings is 1. The molecular formula is C15H17F2NO3. The Balaban J connectivity index is 2.14. The zero-order valence-corrected chi connectivity index (χ0v) is 11.4. The van der Waals surface area contributed by atoms with Gasteiger partial charge in [-0.3, -0.25) is 9.59 Å². The SMILES string of the molecule is O=C(NC1CCCCCC1C(=O)O)c1ccc(F)cc1F. The third-order valence-corrected chi connectivity index (χ3v) is 3.83. The molecule has 1 amide bonds. The van der Waals surface area contributed by atoms with Crippen molar-refractivity contribution < 1.29 is 23.5 Å². The minimum Gasteiger partial charge on any atom is -0.481 e. The lowest BCUT2D eigenvalue weighted by atomic mass is 9.94. The third kappa shape index (κ3) is 3.77. The van der Waals surface area contributed by atoms with Crippen LogP contribution in [0.25, 0.3) is 0 Å². The Morgan fingerprint density at radius 2 is 1.86 bits per heavy atom. The van der Waals surface area contributed by atoms with Gasteiger partial charge in [0.25, 0.3) is 5.91 Å². The van der Waals surface area contributed by atoms with Gasteiger partial charge in [-0.2, -0.15) is 0 Å². The van der Waals surface area contributed by atoms with Crippen LogP contribution in [0.5, 0.6) is 0 Å². The van der Waals surface area contributed by atoms with Crippen LogP contribution in [0.1, 0.15) is 42.5 Å². The van der Waals surface area contributed by atoms with Gasteiger partial charge in [0.15, 0.2) is 0 Å².